The van der Waals surface area contributed by atoms with Crippen LogP contribution in [0.1, 0.15) is 6.92 Å². The molecule has 0 spiro atoms. The molecule has 0 aliphatic carbocycles. The van der Waals surface area contributed by atoms with Gasteiger partial charge in [-0.2, -0.15) is 0 Å². The topological polar surface area (TPSA) is 88.4 Å². The fourth-order valence-electron chi connectivity index (χ4n) is 1.75. The van der Waals surface area contributed by atoms with E-state index in [9.17, 15) is 10.2 Å². The van der Waals surface area contributed by atoms with Crippen LogP contribution in [0.15, 0.2) is 0 Å². The molecule has 2 aliphatic heterocycles. The van der Waals surface area contributed by atoms with Gasteiger partial charge in [-0.15, -0.1) is 0 Å². The quantitative estimate of drug-likeness (QED) is 0.468. The molecular formula is C8H14O6. The molecule has 2 aliphatic rings. The zero-order valence-electron chi connectivity index (χ0n) is 7.74. The Hall–Kier alpha value is -0.240. The molecule has 2 heterocycles. The third kappa shape index (κ3) is 1.54. The van der Waals surface area contributed by atoms with Crippen molar-refractivity contribution in [3.05, 3.63) is 0 Å². The standard InChI is InChI=1S/C8H14O6/c1-3-12-7-6(11)5(10)4(2-9)14-8(7)13-3/h3-11H,2H2,1H3/t3?,4-,5-,6+,7-,8+/m1/s1. The number of hydrogen-bond donors (Lipinski definition) is 3. The Balaban J connectivity index is 2.09. The third-order valence-corrected chi connectivity index (χ3v) is 2.50. The van der Waals surface area contributed by atoms with Crippen LogP contribution in [-0.2, 0) is 14.2 Å². The Morgan fingerprint density at radius 3 is 2.43 bits per heavy atom. The first kappa shape index (κ1) is 10.3. The van der Waals surface area contributed by atoms with E-state index in [1.807, 2.05) is 0 Å². The summed E-state index contributed by atoms with van der Waals surface area (Å²) in [5, 5.41) is 28.0. The van der Waals surface area contributed by atoms with Crippen LogP contribution in [0.3, 0.4) is 0 Å². The van der Waals surface area contributed by atoms with E-state index in [4.69, 9.17) is 19.3 Å². The maximum Gasteiger partial charge on any atom is 0.190 e. The fourth-order valence-corrected chi connectivity index (χ4v) is 1.75. The van der Waals surface area contributed by atoms with E-state index in [0.717, 1.165) is 0 Å². The van der Waals surface area contributed by atoms with E-state index >= 15 is 0 Å². The number of fused-ring (bicyclic) bond motifs is 1. The molecule has 0 amide bonds. The molecule has 0 saturated carbocycles. The summed E-state index contributed by atoms with van der Waals surface area (Å²) in [5.74, 6) is 0. The first-order valence-corrected chi connectivity index (χ1v) is 4.57. The number of aliphatic hydroxyl groups is 3. The van der Waals surface area contributed by atoms with Crippen LogP contribution < -0.4 is 0 Å². The molecule has 0 aromatic carbocycles. The highest BCUT2D eigenvalue weighted by Gasteiger charge is 2.50. The lowest BCUT2D eigenvalue weighted by Crippen LogP contribution is -2.57. The summed E-state index contributed by atoms with van der Waals surface area (Å²) in [7, 11) is 0. The second-order valence-electron chi connectivity index (χ2n) is 3.51. The van der Waals surface area contributed by atoms with Gasteiger partial charge in [-0.1, -0.05) is 0 Å². The largest absolute Gasteiger partial charge is 0.394 e. The van der Waals surface area contributed by atoms with Crippen molar-refractivity contribution in [1.29, 1.82) is 0 Å². The van der Waals surface area contributed by atoms with Crippen molar-refractivity contribution in [2.75, 3.05) is 6.61 Å². The lowest BCUT2D eigenvalue weighted by Gasteiger charge is -2.36. The summed E-state index contributed by atoms with van der Waals surface area (Å²) in [6.45, 7) is 1.31. The molecule has 0 aromatic heterocycles. The molecule has 0 aromatic rings. The molecule has 2 fully saturated rings. The van der Waals surface area contributed by atoms with Crippen molar-refractivity contribution < 1.29 is 29.5 Å². The molecule has 6 atom stereocenters. The van der Waals surface area contributed by atoms with Crippen molar-refractivity contribution in [2.24, 2.45) is 0 Å². The van der Waals surface area contributed by atoms with E-state index in [2.05, 4.69) is 0 Å². The van der Waals surface area contributed by atoms with Crippen molar-refractivity contribution in [2.45, 2.75) is 43.9 Å². The van der Waals surface area contributed by atoms with Gasteiger partial charge in [0, 0.05) is 0 Å². The van der Waals surface area contributed by atoms with Gasteiger partial charge < -0.3 is 29.5 Å². The van der Waals surface area contributed by atoms with Crippen LogP contribution in [0.5, 0.6) is 0 Å². The Morgan fingerprint density at radius 1 is 1.07 bits per heavy atom. The zero-order chi connectivity index (χ0) is 10.3. The molecule has 82 valence electrons. The normalized spacial score (nSPS) is 53.1. The van der Waals surface area contributed by atoms with Gasteiger partial charge in [-0.05, 0) is 6.92 Å². The SMILES string of the molecule is CC1O[C@H]2O[C@H](CO)[C@@H](O)[C@H](O)[C@H]2O1. The highest BCUT2D eigenvalue weighted by molar-refractivity contribution is 4.91. The van der Waals surface area contributed by atoms with E-state index in [-0.39, 0.29) is 6.61 Å². The molecule has 1 unspecified atom stereocenters. The summed E-state index contributed by atoms with van der Waals surface area (Å²) in [6, 6.07) is 0. The number of ether oxygens (including phenoxy) is 3. The second kappa shape index (κ2) is 3.73. The number of hydrogen-bond acceptors (Lipinski definition) is 6. The third-order valence-electron chi connectivity index (χ3n) is 2.50. The summed E-state index contributed by atoms with van der Waals surface area (Å²) in [6.07, 6.45) is -4.90. The second-order valence-corrected chi connectivity index (χ2v) is 3.51. The van der Waals surface area contributed by atoms with Gasteiger partial charge in [0.05, 0.1) is 6.61 Å². The van der Waals surface area contributed by atoms with Crippen LogP contribution >= 0.6 is 0 Å². The maximum atomic E-state index is 9.62. The average Bonchev–Trinajstić information content (AvgIpc) is 2.52. The van der Waals surface area contributed by atoms with E-state index in [1.165, 1.54) is 0 Å². The Bertz CT molecular complexity index is 208. The Kier molecular flexibility index (Phi) is 2.74. The zero-order valence-corrected chi connectivity index (χ0v) is 7.74. The van der Waals surface area contributed by atoms with Gasteiger partial charge in [0.15, 0.2) is 12.6 Å². The van der Waals surface area contributed by atoms with E-state index < -0.39 is 37.0 Å². The summed E-state index contributed by atoms with van der Waals surface area (Å²) < 4.78 is 15.6. The van der Waals surface area contributed by atoms with Crippen molar-refractivity contribution in [1.82, 2.24) is 0 Å². The smallest absolute Gasteiger partial charge is 0.190 e. The molecule has 3 N–H and O–H groups in total. The lowest BCUT2D eigenvalue weighted by atomic mass is 9.99. The van der Waals surface area contributed by atoms with Crippen LogP contribution in [0.2, 0.25) is 0 Å². The van der Waals surface area contributed by atoms with Gasteiger partial charge >= 0.3 is 0 Å². The molecule has 6 nitrogen and oxygen atoms in total. The molecule has 14 heavy (non-hydrogen) atoms. The summed E-state index contributed by atoms with van der Waals surface area (Å²) in [4.78, 5) is 0. The maximum absolute atomic E-state index is 9.62. The molecule has 2 saturated heterocycles. The predicted octanol–water partition coefficient (Wildman–Crippen LogP) is -1.81. The minimum Gasteiger partial charge on any atom is -0.394 e. The molecular weight excluding hydrogens is 192 g/mol. The predicted molar refractivity (Wildman–Crippen MR) is 43.2 cm³/mol. The molecule has 6 heteroatoms. The van der Waals surface area contributed by atoms with Crippen molar-refractivity contribution in [3.8, 4) is 0 Å². The Labute approximate surface area is 81.0 Å². The van der Waals surface area contributed by atoms with Gasteiger partial charge in [-0.25, -0.2) is 0 Å². The van der Waals surface area contributed by atoms with Gasteiger partial charge in [0.1, 0.15) is 24.4 Å². The lowest BCUT2D eigenvalue weighted by molar-refractivity contribution is -0.252. The van der Waals surface area contributed by atoms with Crippen LogP contribution in [0, 0.1) is 0 Å². The van der Waals surface area contributed by atoms with Crippen LogP contribution in [0.25, 0.3) is 0 Å². The average molecular weight is 206 g/mol. The van der Waals surface area contributed by atoms with Gasteiger partial charge in [-0.3, -0.25) is 0 Å². The first-order valence-electron chi connectivity index (χ1n) is 4.57. The summed E-state index contributed by atoms with van der Waals surface area (Å²) in [5.41, 5.74) is 0. The van der Waals surface area contributed by atoms with Crippen LogP contribution in [0.4, 0.5) is 0 Å². The monoisotopic (exact) mass is 206 g/mol. The summed E-state index contributed by atoms with van der Waals surface area (Å²) >= 11 is 0. The minimum atomic E-state index is -1.14. The Morgan fingerprint density at radius 2 is 1.79 bits per heavy atom. The highest BCUT2D eigenvalue weighted by atomic mass is 16.8. The molecule has 0 radical (unpaired) electrons. The first-order chi connectivity index (χ1) is 6.63. The highest BCUT2D eigenvalue weighted by Crippen LogP contribution is 2.30. The minimum absolute atomic E-state index is 0.362. The van der Waals surface area contributed by atoms with E-state index in [1.54, 1.807) is 6.92 Å². The molecule has 2 rings (SSSR count). The van der Waals surface area contributed by atoms with Crippen molar-refractivity contribution >= 4 is 0 Å². The van der Waals surface area contributed by atoms with E-state index in [0.29, 0.717) is 0 Å². The molecule has 0 bridgehead atoms. The van der Waals surface area contributed by atoms with Crippen molar-refractivity contribution in [3.63, 3.8) is 0 Å². The number of rotatable bonds is 1. The fraction of sp³-hybridized carbons (Fsp3) is 1.00. The van der Waals surface area contributed by atoms with Crippen LogP contribution in [-0.4, -0.2) is 58.9 Å². The van der Waals surface area contributed by atoms with Gasteiger partial charge in [0.25, 0.3) is 0 Å². The van der Waals surface area contributed by atoms with Gasteiger partial charge in [0.2, 0.25) is 0 Å². The number of aliphatic hydroxyl groups excluding tert-OH is 3.